The van der Waals surface area contributed by atoms with Crippen LogP contribution in [0.3, 0.4) is 0 Å². The van der Waals surface area contributed by atoms with Crippen molar-refractivity contribution in [1.82, 2.24) is 14.2 Å². The van der Waals surface area contributed by atoms with Gasteiger partial charge in [0.25, 0.3) is 0 Å². The van der Waals surface area contributed by atoms with Crippen LogP contribution in [0.2, 0.25) is 0 Å². The molecule has 1 aromatic heterocycles. The summed E-state index contributed by atoms with van der Waals surface area (Å²) in [6, 6.07) is 10.8. The standard InChI is InChI=1S/C25H30N4O3S2/c1-5-7-11-23-21(6-2)25(28(18(3)31)16-19-10-8-9-14-27-19)29(23)34(32)20-12-13-22(26-4)24(15-20)33-17-30/h6,8-10,12-15,17,23,26H,2,5,7,11,16H2,1,3-4H3/t23-,34?/m0/s1. The second-order valence-electron chi connectivity index (χ2n) is 7.76. The van der Waals surface area contributed by atoms with Gasteiger partial charge in [0, 0.05) is 42.4 Å². The van der Waals surface area contributed by atoms with Gasteiger partial charge in [0.15, 0.2) is 16.3 Å². The number of aromatic nitrogens is 1. The van der Waals surface area contributed by atoms with Crippen molar-refractivity contribution in [2.75, 3.05) is 12.4 Å². The molecular formula is C25H30N4O3S2. The minimum atomic E-state index is -1.59. The van der Waals surface area contributed by atoms with Crippen LogP contribution in [0.5, 0.6) is 0 Å². The summed E-state index contributed by atoms with van der Waals surface area (Å²) in [4.78, 5) is 31.1. The van der Waals surface area contributed by atoms with E-state index < -0.39 is 11.4 Å². The maximum absolute atomic E-state index is 13.9. The van der Waals surface area contributed by atoms with Crippen LogP contribution in [0.4, 0.5) is 5.69 Å². The molecule has 1 aliphatic rings. The highest BCUT2D eigenvalue weighted by Gasteiger charge is 2.48. The number of anilines is 1. The molecule has 180 valence electrons. The van der Waals surface area contributed by atoms with Crippen molar-refractivity contribution in [2.24, 2.45) is 0 Å². The highest BCUT2D eigenvalue weighted by molar-refractivity contribution is 8.12. The number of carbonyl (C=O) groups excluding carboxylic acids is 2. The minimum Gasteiger partial charge on any atom is -0.588 e. The Hall–Kier alpha value is -2.75. The Labute approximate surface area is 208 Å². The van der Waals surface area contributed by atoms with Crippen LogP contribution in [0.25, 0.3) is 0 Å². The third-order valence-corrected chi connectivity index (χ3v) is 7.75. The zero-order chi connectivity index (χ0) is 24.7. The largest absolute Gasteiger partial charge is 0.588 e. The first-order valence-electron chi connectivity index (χ1n) is 11.1. The maximum atomic E-state index is 13.9. The van der Waals surface area contributed by atoms with Gasteiger partial charge >= 0.3 is 0 Å². The van der Waals surface area contributed by atoms with Crippen LogP contribution in [0.15, 0.2) is 76.4 Å². The fraction of sp³-hybridized carbons (Fsp3) is 0.320. The Morgan fingerprint density at radius 2 is 2.18 bits per heavy atom. The summed E-state index contributed by atoms with van der Waals surface area (Å²) in [6.45, 7) is 7.86. The molecule has 0 radical (unpaired) electrons. The number of nitrogens with zero attached hydrogens (tertiary/aromatic N) is 3. The van der Waals surface area contributed by atoms with Gasteiger partial charge in [-0.1, -0.05) is 50.2 Å². The summed E-state index contributed by atoms with van der Waals surface area (Å²) in [5, 5.41) is 3.05. The summed E-state index contributed by atoms with van der Waals surface area (Å²) in [5.74, 6) is 0.425. The molecule has 0 spiro atoms. The van der Waals surface area contributed by atoms with Crippen LogP contribution in [0, 0.1) is 0 Å². The number of nitrogens with one attached hydrogen (secondary N) is 1. The number of amides is 1. The zero-order valence-corrected chi connectivity index (χ0v) is 21.3. The van der Waals surface area contributed by atoms with Gasteiger partial charge in [-0.2, -0.15) is 4.31 Å². The molecule has 9 heteroatoms. The Bertz CT molecular complexity index is 1060. The van der Waals surface area contributed by atoms with Crippen LogP contribution < -0.4 is 5.32 Å². The lowest BCUT2D eigenvalue weighted by atomic mass is 9.94. The molecular weight excluding hydrogens is 468 g/mol. The van der Waals surface area contributed by atoms with E-state index in [4.69, 9.17) is 0 Å². The molecule has 0 aliphatic carbocycles. The average Bonchev–Trinajstić information content (AvgIpc) is 2.83. The minimum absolute atomic E-state index is 0.120. The molecule has 0 fully saturated rings. The summed E-state index contributed by atoms with van der Waals surface area (Å²) in [5.41, 5.74) is 3.18. The van der Waals surface area contributed by atoms with E-state index in [-0.39, 0.29) is 18.5 Å². The lowest BCUT2D eigenvalue weighted by Crippen LogP contribution is -2.55. The zero-order valence-electron chi connectivity index (χ0n) is 19.7. The quantitative estimate of drug-likeness (QED) is 0.257. The molecule has 1 aromatic carbocycles. The molecule has 34 heavy (non-hydrogen) atoms. The van der Waals surface area contributed by atoms with E-state index in [1.807, 2.05) is 24.3 Å². The molecule has 3 rings (SSSR count). The molecule has 1 N–H and O–H groups in total. The summed E-state index contributed by atoms with van der Waals surface area (Å²) in [7, 11) is 1.77. The number of hydrogen-bond acceptors (Lipinski definition) is 7. The van der Waals surface area contributed by atoms with Crippen LogP contribution in [-0.2, 0) is 27.5 Å². The van der Waals surface area contributed by atoms with Crippen molar-refractivity contribution in [2.45, 2.75) is 55.5 Å². The van der Waals surface area contributed by atoms with Gasteiger partial charge in [-0.15, -0.1) is 0 Å². The summed E-state index contributed by atoms with van der Waals surface area (Å²) in [6.07, 6.45) is 6.20. The molecule has 0 bridgehead atoms. The van der Waals surface area contributed by atoms with Gasteiger partial charge in [0.2, 0.25) is 5.91 Å². The number of benzene rings is 1. The Balaban J connectivity index is 2.03. The van der Waals surface area contributed by atoms with E-state index in [9.17, 15) is 14.1 Å². The molecule has 2 atom stereocenters. The van der Waals surface area contributed by atoms with Gasteiger partial charge in [-0.25, -0.2) is 0 Å². The van der Waals surface area contributed by atoms with Gasteiger partial charge in [-0.3, -0.25) is 19.5 Å². The monoisotopic (exact) mass is 498 g/mol. The lowest BCUT2D eigenvalue weighted by Gasteiger charge is -2.47. The first-order chi connectivity index (χ1) is 16.5. The van der Waals surface area contributed by atoms with E-state index in [1.54, 1.807) is 40.7 Å². The molecule has 1 amide bonds. The fourth-order valence-electron chi connectivity index (χ4n) is 3.92. The first kappa shape index (κ1) is 25.9. The van der Waals surface area contributed by atoms with Crippen molar-refractivity contribution in [3.63, 3.8) is 0 Å². The van der Waals surface area contributed by atoms with Crippen molar-refractivity contribution >= 4 is 40.3 Å². The van der Waals surface area contributed by atoms with Crippen LogP contribution in [-0.4, -0.2) is 43.4 Å². The average molecular weight is 499 g/mol. The number of pyridine rings is 1. The predicted octanol–water partition coefficient (Wildman–Crippen LogP) is 4.75. The van der Waals surface area contributed by atoms with E-state index in [1.165, 1.54) is 6.92 Å². The number of rotatable bonds is 12. The Kier molecular flexibility index (Phi) is 9.20. The number of hydrogen-bond donors (Lipinski definition) is 1. The Morgan fingerprint density at radius 1 is 1.38 bits per heavy atom. The highest BCUT2D eigenvalue weighted by atomic mass is 32.2. The molecule has 2 aromatic rings. The van der Waals surface area contributed by atoms with E-state index in [0.29, 0.717) is 15.6 Å². The molecule has 1 unspecified atom stereocenters. The van der Waals surface area contributed by atoms with E-state index in [2.05, 4.69) is 23.8 Å². The molecule has 2 heterocycles. The van der Waals surface area contributed by atoms with E-state index >= 15 is 0 Å². The molecule has 1 aliphatic heterocycles. The number of unbranched alkanes of at least 4 members (excludes halogenated alkanes) is 1. The molecule has 0 saturated carbocycles. The predicted molar refractivity (Wildman–Crippen MR) is 138 cm³/mol. The number of thioether (sulfide) groups is 1. The summed E-state index contributed by atoms with van der Waals surface area (Å²) < 4.78 is 15.7. The number of carbonyl (C=O) groups is 2. The third-order valence-electron chi connectivity index (χ3n) is 5.62. The van der Waals surface area contributed by atoms with Gasteiger partial charge in [0.1, 0.15) is 17.4 Å². The van der Waals surface area contributed by atoms with Gasteiger partial charge in [0.05, 0.1) is 12.2 Å². The lowest BCUT2D eigenvalue weighted by molar-refractivity contribution is -0.129. The van der Waals surface area contributed by atoms with Crippen molar-refractivity contribution < 1.29 is 14.1 Å². The maximum Gasteiger partial charge on any atom is 0.225 e. The van der Waals surface area contributed by atoms with Gasteiger partial charge in [-0.05, 0) is 30.7 Å². The first-order valence-corrected chi connectivity index (χ1v) is 13.1. The van der Waals surface area contributed by atoms with Crippen molar-refractivity contribution in [3.8, 4) is 0 Å². The molecule has 0 saturated heterocycles. The normalized spacial score (nSPS) is 16.0. The van der Waals surface area contributed by atoms with Crippen molar-refractivity contribution in [1.29, 1.82) is 0 Å². The summed E-state index contributed by atoms with van der Waals surface area (Å²) >= 11 is -0.558. The van der Waals surface area contributed by atoms with Crippen molar-refractivity contribution in [3.05, 3.63) is 72.3 Å². The Morgan fingerprint density at radius 3 is 2.76 bits per heavy atom. The smallest absolute Gasteiger partial charge is 0.225 e. The highest BCUT2D eigenvalue weighted by Crippen LogP contribution is 2.43. The second-order valence-corrected chi connectivity index (χ2v) is 10.00. The van der Waals surface area contributed by atoms with E-state index in [0.717, 1.165) is 53.6 Å². The van der Waals surface area contributed by atoms with Crippen LogP contribution in [0.1, 0.15) is 38.8 Å². The third kappa shape index (κ3) is 5.48. The topological polar surface area (TPSA) is 88.6 Å². The van der Waals surface area contributed by atoms with Gasteiger partial charge < -0.3 is 9.87 Å². The fourth-order valence-corrected chi connectivity index (χ4v) is 6.03. The second kappa shape index (κ2) is 12.1. The van der Waals surface area contributed by atoms with Crippen LogP contribution >= 0.6 is 11.8 Å². The molecule has 7 nitrogen and oxygen atoms in total. The SMILES string of the molecule is C=CC1=C(N(Cc2ccccn2)C(C)=O)N([S+]([O-])c2ccc(NC)c(SC=O)c2)[C@H]1CCCC.